The lowest BCUT2D eigenvalue weighted by Gasteiger charge is -2.17. The molecule has 0 spiro atoms. The topological polar surface area (TPSA) is 48.5 Å². The van der Waals surface area contributed by atoms with E-state index in [2.05, 4.69) is 197 Å². The van der Waals surface area contributed by atoms with Gasteiger partial charge in [0.1, 0.15) is 0 Å². The minimum atomic E-state index is 0.569. The maximum atomic E-state index is 5.28. The van der Waals surface area contributed by atoms with E-state index in [1.54, 1.807) is 0 Å². The highest BCUT2D eigenvalue weighted by Gasteiger charge is 2.24. The van der Waals surface area contributed by atoms with Gasteiger partial charge in [-0.25, -0.2) is 4.98 Å². The van der Waals surface area contributed by atoms with Gasteiger partial charge in [0, 0.05) is 38.2 Å². The summed E-state index contributed by atoms with van der Waals surface area (Å²) < 4.78 is 4.70. The average molecular weight is 792 g/mol. The third kappa shape index (κ3) is 5.90. The predicted octanol–water partition coefficient (Wildman–Crippen LogP) is 14.4. The highest BCUT2D eigenvalue weighted by molar-refractivity contribution is 6.26. The Balaban J connectivity index is 1.15. The van der Waals surface area contributed by atoms with Crippen LogP contribution >= 0.6 is 0 Å². The molecule has 3 aromatic heterocycles. The number of hydrogen-bond acceptors (Lipinski definition) is 3. The van der Waals surface area contributed by atoms with Crippen LogP contribution in [0.4, 0.5) is 0 Å². The van der Waals surface area contributed by atoms with Crippen LogP contribution in [-0.2, 0) is 0 Å². The molecule has 0 N–H and O–H groups in total. The lowest BCUT2D eigenvalue weighted by molar-refractivity contribution is 0.955. The molecule has 0 aliphatic carbocycles. The fourth-order valence-corrected chi connectivity index (χ4v) is 9.12. The van der Waals surface area contributed by atoms with Crippen LogP contribution < -0.4 is 0 Å². The Morgan fingerprint density at radius 3 is 1.37 bits per heavy atom. The first-order chi connectivity index (χ1) is 30.8. The monoisotopic (exact) mass is 791 g/mol. The quantitative estimate of drug-likeness (QED) is 0.162. The molecule has 0 saturated heterocycles. The minimum absolute atomic E-state index is 0.569. The van der Waals surface area contributed by atoms with Gasteiger partial charge in [0.25, 0.3) is 0 Å². The molecule has 5 nitrogen and oxygen atoms in total. The molecule has 12 aromatic rings. The van der Waals surface area contributed by atoms with Crippen molar-refractivity contribution >= 4 is 43.6 Å². The average Bonchev–Trinajstić information content (AvgIpc) is 3.88. The van der Waals surface area contributed by atoms with Crippen LogP contribution in [-0.4, -0.2) is 24.1 Å². The van der Waals surface area contributed by atoms with Gasteiger partial charge in [-0.3, -0.25) is 4.57 Å². The summed E-state index contributed by atoms with van der Waals surface area (Å²) in [6.45, 7) is 0. The molecule has 0 aliphatic heterocycles. The summed E-state index contributed by atoms with van der Waals surface area (Å²) in [7, 11) is 0. The van der Waals surface area contributed by atoms with Gasteiger partial charge >= 0.3 is 0 Å². The van der Waals surface area contributed by atoms with E-state index in [-0.39, 0.29) is 0 Å². The smallest absolute Gasteiger partial charge is 0.238 e. The molecule has 9 aromatic carbocycles. The summed E-state index contributed by atoms with van der Waals surface area (Å²) in [5.74, 6) is 1.81. The second-order valence-corrected chi connectivity index (χ2v) is 15.6. The molecule has 0 unspecified atom stereocenters. The normalized spacial score (nSPS) is 11.5. The Bertz CT molecular complexity index is 3540. The summed E-state index contributed by atoms with van der Waals surface area (Å²) in [4.78, 5) is 15.6. The van der Waals surface area contributed by atoms with Gasteiger partial charge in [-0.1, -0.05) is 194 Å². The van der Waals surface area contributed by atoms with Crippen molar-refractivity contribution < 1.29 is 0 Å². The van der Waals surface area contributed by atoms with Gasteiger partial charge in [0.05, 0.1) is 27.8 Å². The van der Waals surface area contributed by atoms with Crippen molar-refractivity contribution in [1.82, 2.24) is 24.1 Å². The summed E-state index contributed by atoms with van der Waals surface area (Å²) in [6, 6.07) is 79.4. The van der Waals surface area contributed by atoms with E-state index in [1.807, 2.05) is 36.4 Å². The van der Waals surface area contributed by atoms with Crippen molar-refractivity contribution in [2.24, 2.45) is 0 Å². The van der Waals surface area contributed by atoms with Gasteiger partial charge < -0.3 is 4.57 Å². The Hall–Kier alpha value is -8.41. The number of benzene rings is 9. The Morgan fingerprint density at radius 1 is 0.290 bits per heavy atom. The van der Waals surface area contributed by atoms with Gasteiger partial charge in [0.2, 0.25) is 5.95 Å². The zero-order valence-electron chi connectivity index (χ0n) is 33.6. The molecule has 3 heterocycles. The fraction of sp³-hybridized carbons (Fsp3) is 0. The first-order valence-electron chi connectivity index (χ1n) is 21.0. The third-order valence-electron chi connectivity index (χ3n) is 12.0. The molecule has 12 rings (SSSR count). The SMILES string of the molecule is c1ccc(-c2ccc(-c3cc(-c4ccccc4)ccc3-n3c4ccccc4c4c3ccc3c5ccccc5n(-c5nc(-c6ccccc6)nc(-c6ccccc6)n5)c34)cc2)cc1. The van der Waals surface area contributed by atoms with Crippen molar-refractivity contribution in [1.29, 1.82) is 0 Å². The van der Waals surface area contributed by atoms with Crippen molar-refractivity contribution in [3.8, 4) is 67.8 Å². The standard InChI is InChI=1S/C57H37N5/c1-5-17-38(18-6-1)40-29-31-41(32-30-40)48-37-44(39-19-7-2-8-20-39)33-35-51(48)61-50-28-16-14-26-47(50)53-52(61)36-34-46-45-25-13-15-27-49(45)62(54(46)53)57-59-55(42-21-9-3-10-22-42)58-56(60-57)43-23-11-4-12-24-43/h1-37H. The van der Waals surface area contributed by atoms with E-state index in [0.29, 0.717) is 17.6 Å². The van der Waals surface area contributed by atoms with E-state index in [1.165, 1.54) is 16.7 Å². The third-order valence-corrected chi connectivity index (χ3v) is 12.0. The molecule has 0 bridgehead atoms. The van der Waals surface area contributed by atoms with Crippen LogP contribution in [0.5, 0.6) is 0 Å². The zero-order chi connectivity index (χ0) is 41.0. The van der Waals surface area contributed by atoms with E-state index in [0.717, 1.165) is 77.1 Å². The van der Waals surface area contributed by atoms with Crippen LogP contribution in [0.2, 0.25) is 0 Å². The first kappa shape index (κ1) is 35.5. The second kappa shape index (κ2) is 14.7. The van der Waals surface area contributed by atoms with Gasteiger partial charge in [0.15, 0.2) is 11.6 Å². The number of para-hydroxylation sites is 2. The van der Waals surface area contributed by atoms with Crippen LogP contribution in [0.25, 0.3) is 111 Å². The molecule has 62 heavy (non-hydrogen) atoms. The lowest BCUT2D eigenvalue weighted by atomic mass is 9.95. The molecular weight excluding hydrogens is 755 g/mol. The number of hydrogen-bond donors (Lipinski definition) is 0. The van der Waals surface area contributed by atoms with Gasteiger partial charge in [-0.05, 0) is 58.1 Å². The van der Waals surface area contributed by atoms with Crippen LogP contribution in [0.1, 0.15) is 0 Å². The van der Waals surface area contributed by atoms with Gasteiger partial charge in [-0.2, -0.15) is 9.97 Å². The molecular formula is C57H37N5. The highest BCUT2D eigenvalue weighted by Crippen LogP contribution is 2.44. The van der Waals surface area contributed by atoms with Crippen LogP contribution in [0.3, 0.4) is 0 Å². The fourth-order valence-electron chi connectivity index (χ4n) is 9.12. The molecule has 0 radical (unpaired) electrons. The zero-order valence-corrected chi connectivity index (χ0v) is 33.6. The van der Waals surface area contributed by atoms with E-state index in [9.17, 15) is 0 Å². The Kier molecular flexibility index (Phi) is 8.42. The predicted molar refractivity (Wildman–Crippen MR) is 256 cm³/mol. The van der Waals surface area contributed by atoms with E-state index >= 15 is 0 Å². The molecule has 5 heteroatoms. The van der Waals surface area contributed by atoms with Crippen molar-refractivity contribution in [2.45, 2.75) is 0 Å². The lowest BCUT2D eigenvalue weighted by Crippen LogP contribution is -2.06. The second-order valence-electron chi connectivity index (χ2n) is 15.6. The molecule has 0 amide bonds. The van der Waals surface area contributed by atoms with Crippen molar-refractivity contribution in [3.63, 3.8) is 0 Å². The number of fused-ring (bicyclic) bond motifs is 7. The van der Waals surface area contributed by atoms with E-state index in [4.69, 9.17) is 15.0 Å². The summed E-state index contributed by atoms with van der Waals surface area (Å²) in [5.41, 5.74) is 14.3. The molecule has 0 aliphatic rings. The number of nitrogens with zero attached hydrogens (tertiary/aromatic N) is 5. The number of aromatic nitrogens is 5. The van der Waals surface area contributed by atoms with Crippen LogP contribution in [0.15, 0.2) is 224 Å². The maximum absolute atomic E-state index is 5.28. The molecule has 0 fully saturated rings. The Morgan fingerprint density at radius 2 is 0.758 bits per heavy atom. The minimum Gasteiger partial charge on any atom is -0.309 e. The van der Waals surface area contributed by atoms with Crippen molar-refractivity contribution in [3.05, 3.63) is 224 Å². The van der Waals surface area contributed by atoms with Crippen LogP contribution in [0, 0.1) is 0 Å². The summed E-state index contributed by atoms with van der Waals surface area (Å²) >= 11 is 0. The van der Waals surface area contributed by atoms with Crippen molar-refractivity contribution in [2.75, 3.05) is 0 Å². The summed E-state index contributed by atoms with van der Waals surface area (Å²) in [5, 5.41) is 4.55. The Labute approximate surface area is 358 Å². The number of rotatable bonds is 7. The molecule has 0 saturated carbocycles. The molecule has 0 atom stereocenters. The van der Waals surface area contributed by atoms with Gasteiger partial charge in [-0.15, -0.1) is 0 Å². The molecule has 290 valence electrons. The maximum Gasteiger partial charge on any atom is 0.238 e. The highest BCUT2D eigenvalue weighted by atomic mass is 15.2. The van der Waals surface area contributed by atoms with E-state index < -0.39 is 0 Å². The summed E-state index contributed by atoms with van der Waals surface area (Å²) in [6.07, 6.45) is 0. The first-order valence-corrected chi connectivity index (χ1v) is 21.0. The largest absolute Gasteiger partial charge is 0.309 e.